The average Bonchev–Trinajstić information content (AvgIpc) is 3.45. The minimum absolute atomic E-state index is 0.836. The monoisotopic (exact) mass is 438 g/mol. The third-order valence-corrected chi connectivity index (χ3v) is 5.83. The van der Waals surface area contributed by atoms with Gasteiger partial charge in [-0.1, -0.05) is 54.6 Å². The topological polar surface area (TPSA) is 34.0 Å². The van der Waals surface area contributed by atoms with E-state index >= 15 is 0 Å². The zero-order chi connectivity index (χ0) is 22.7. The molecular formula is C30H22N4. The van der Waals surface area contributed by atoms with E-state index in [1.54, 1.807) is 0 Å². The maximum absolute atomic E-state index is 5.05. The summed E-state index contributed by atoms with van der Waals surface area (Å²) in [6.07, 6.45) is 4.10. The van der Waals surface area contributed by atoms with Crippen molar-refractivity contribution in [2.75, 3.05) is 4.90 Å². The minimum atomic E-state index is 0.836. The van der Waals surface area contributed by atoms with Gasteiger partial charge in [-0.3, -0.25) is 4.90 Å². The van der Waals surface area contributed by atoms with Crippen molar-refractivity contribution < 1.29 is 0 Å². The third-order valence-electron chi connectivity index (χ3n) is 5.83. The molecular weight excluding hydrogens is 416 g/mol. The van der Waals surface area contributed by atoms with Crippen LogP contribution in [0.3, 0.4) is 0 Å². The van der Waals surface area contributed by atoms with E-state index in [9.17, 15) is 0 Å². The van der Waals surface area contributed by atoms with Crippen LogP contribution in [0.15, 0.2) is 134 Å². The van der Waals surface area contributed by atoms with Gasteiger partial charge in [0.25, 0.3) is 0 Å². The molecule has 162 valence electrons. The Balaban J connectivity index is 1.47. The number of fused-ring (bicyclic) bond motifs is 1. The fraction of sp³-hybridized carbons (Fsp3) is 0. The van der Waals surface area contributed by atoms with Gasteiger partial charge in [0.2, 0.25) is 0 Å². The SMILES string of the molecule is c1ccc(N(c2cccc(-n3cccc3)c2)c2cccc(-c3ccc4ccccc4n3)n2)cc1. The molecule has 0 bridgehead atoms. The number of benzene rings is 3. The number of para-hydroxylation sites is 2. The number of rotatable bonds is 5. The molecule has 0 saturated carbocycles. The van der Waals surface area contributed by atoms with Crippen LogP contribution in [0.2, 0.25) is 0 Å². The molecule has 6 rings (SSSR count). The van der Waals surface area contributed by atoms with Crippen molar-refractivity contribution in [3.63, 3.8) is 0 Å². The Hall–Kier alpha value is -4.70. The third kappa shape index (κ3) is 3.82. The van der Waals surface area contributed by atoms with Crippen molar-refractivity contribution in [1.29, 1.82) is 0 Å². The summed E-state index contributed by atoms with van der Waals surface area (Å²) in [5.74, 6) is 0.836. The zero-order valence-corrected chi connectivity index (χ0v) is 18.5. The fourth-order valence-electron chi connectivity index (χ4n) is 4.19. The molecule has 4 nitrogen and oxygen atoms in total. The van der Waals surface area contributed by atoms with E-state index in [2.05, 4.69) is 70.4 Å². The Morgan fingerprint density at radius 2 is 1.26 bits per heavy atom. The summed E-state index contributed by atoms with van der Waals surface area (Å²) in [6.45, 7) is 0. The van der Waals surface area contributed by atoms with Crippen LogP contribution >= 0.6 is 0 Å². The van der Waals surface area contributed by atoms with Gasteiger partial charge in [0.15, 0.2) is 0 Å². The van der Waals surface area contributed by atoms with Gasteiger partial charge in [-0.15, -0.1) is 0 Å². The van der Waals surface area contributed by atoms with Crippen molar-refractivity contribution in [2.45, 2.75) is 0 Å². The van der Waals surface area contributed by atoms with E-state index in [4.69, 9.17) is 9.97 Å². The van der Waals surface area contributed by atoms with Crippen LogP contribution in [-0.2, 0) is 0 Å². The summed E-state index contributed by atoms with van der Waals surface area (Å²) >= 11 is 0. The molecule has 0 aliphatic heterocycles. The fourth-order valence-corrected chi connectivity index (χ4v) is 4.19. The molecule has 0 saturated heterocycles. The average molecular weight is 439 g/mol. The van der Waals surface area contributed by atoms with Gasteiger partial charge in [-0.25, -0.2) is 9.97 Å². The number of nitrogens with zero attached hydrogens (tertiary/aromatic N) is 4. The van der Waals surface area contributed by atoms with Crippen LogP contribution in [-0.4, -0.2) is 14.5 Å². The molecule has 3 aromatic heterocycles. The van der Waals surface area contributed by atoms with Crippen molar-refractivity contribution in [3.05, 3.63) is 134 Å². The summed E-state index contributed by atoms with van der Waals surface area (Å²) < 4.78 is 2.11. The molecule has 0 unspecified atom stereocenters. The highest BCUT2D eigenvalue weighted by molar-refractivity contribution is 5.82. The second kappa shape index (κ2) is 8.68. The van der Waals surface area contributed by atoms with Crippen LogP contribution in [0.4, 0.5) is 17.2 Å². The van der Waals surface area contributed by atoms with E-state index in [1.807, 2.05) is 72.8 Å². The van der Waals surface area contributed by atoms with E-state index in [0.717, 1.165) is 45.2 Å². The van der Waals surface area contributed by atoms with Gasteiger partial charge in [0.05, 0.1) is 16.9 Å². The lowest BCUT2D eigenvalue weighted by Crippen LogP contribution is -2.12. The second-order valence-corrected chi connectivity index (χ2v) is 8.05. The molecule has 0 atom stereocenters. The standard InChI is InChI=1S/C30H22N4/c1-2-11-24(12-3-1)34(26-14-8-13-25(22-26)33-20-6-7-21-33)30-17-9-16-28(32-30)29-19-18-23-10-4-5-15-27(23)31-29/h1-22H. The molecule has 6 aromatic rings. The summed E-state index contributed by atoms with van der Waals surface area (Å²) in [4.78, 5) is 12.1. The van der Waals surface area contributed by atoms with Crippen molar-refractivity contribution in [1.82, 2.24) is 14.5 Å². The second-order valence-electron chi connectivity index (χ2n) is 8.05. The van der Waals surface area contributed by atoms with Gasteiger partial charge in [0, 0.05) is 34.8 Å². The largest absolute Gasteiger partial charge is 0.324 e. The summed E-state index contributed by atoms with van der Waals surface area (Å²) in [5.41, 5.74) is 5.83. The molecule has 4 heteroatoms. The van der Waals surface area contributed by atoms with E-state index in [1.165, 1.54) is 0 Å². The normalized spacial score (nSPS) is 10.9. The number of anilines is 3. The molecule has 0 aliphatic carbocycles. The Morgan fingerprint density at radius 1 is 0.529 bits per heavy atom. The van der Waals surface area contributed by atoms with Crippen LogP contribution < -0.4 is 4.90 Å². The van der Waals surface area contributed by atoms with Crippen molar-refractivity contribution in [2.24, 2.45) is 0 Å². The van der Waals surface area contributed by atoms with E-state index in [-0.39, 0.29) is 0 Å². The first-order chi connectivity index (χ1) is 16.8. The predicted molar refractivity (Wildman–Crippen MR) is 139 cm³/mol. The highest BCUT2D eigenvalue weighted by atomic mass is 15.2. The number of pyridine rings is 2. The van der Waals surface area contributed by atoms with Gasteiger partial charge < -0.3 is 4.57 Å². The molecule has 0 N–H and O–H groups in total. The number of hydrogen-bond donors (Lipinski definition) is 0. The van der Waals surface area contributed by atoms with E-state index < -0.39 is 0 Å². The first-order valence-corrected chi connectivity index (χ1v) is 11.3. The molecule has 3 aromatic carbocycles. The molecule has 0 amide bonds. The highest BCUT2D eigenvalue weighted by Crippen LogP contribution is 2.35. The van der Waals surface area contributed by atoms with Crippen LogP contribution in [0.25, 0.3) is 28.0 Å². The molecule has 34 heavy (non-hydrogen) atoms. The Labute approximate surface area is 198 Å². The quantitative estimate of drug-likeness (QED) is 0.278. The maximum atomic E-state index is 5.05. The van der Waals surface area contributed by atoms with Gasteiger partial charge in [0.1, 0.15) is 5.82 Å². The number of aromatic nitrogens is 3. The predicted octanol–water partition coefficient (Wildman–Crippen LogP) is 7.56. The van der Waals surface area contributed by atoms with Gasteiger partial charge in [-0.2, -0.15) is 0 Å². The number of hydrogen-bond acceptors (Lipinski definition) is 3. The van der Waals surface area contributed by atoms with Crippen molar-refractivity contribution >= 4 is 28.1 Å². The molecule has 3 heterocycles. The Bertz CT molecular complexity index is 1560. The lowest BCUT2D eigenvalue weighted by Gasteiger charge is -2.25. The summed E-state index contributed by atoms with van der Waals surface area (Å²) in [5, 5.41) is 1.12. The first-order valence-electron chi connectivity index (χ1n) is 11.3. The van der Waals surface area contributed by atoms with Crippen LogP contribution in [0.5, 0.6) is 0 Å². The molecule has 0 aliphatic rings. The minimum Gasteiger partial charge on any atom is -0.324 e. The highest BCUT2D eigenvalue weighted by Gasteiger charge is 2.15. The zero-order valence-electron chi connectivity index (χ0n) is 18.5. The lowest BCUT2D eigenvalue weighted by molar-refractivity contribution is 1.07. The summed E-state index contributed by atoms with van der Waals surface area (Å²) in [6, 6.07) is 41.2. The lowest BCUT2D eigenvalue weighted by atomic mass is 10.1. The Morgan fingerprint density at radius 3 is 2.15 bits per heavy atom. The smallest absolute Gasteiger partial charge is 0.138 e. The van der Waals surface area contributed by atoms with Crippen molar-refractivity contribution in [3.8, 4) is 17.1 Å². The summed E-state index contributed by atoms with van der Waals surface area (Å²) in [7, 11) is 0. The molecule has 0 spiro atoms. The molecule has 0 radical (unpaired) electrons. The van der Waals surface area contributed by atoms with Gasteiger partial charge >= 0.3 is 0 Å². The first kappa shape index (κ1) is 19.9. The van der Waals surface area contributed by atoms with E-state index in [0.29, 0.717) is 0 Å². The van der Waals surface area contributed by atoms with Crippen LogP contribution in [0, 0.1) is 0 Å². The van der Waals surface area contributed by atoms with Gasteiger partial charge in [-0.05, 0) is 66.7 Å². The Kier molecular flexibility index (Phi) is 5.09. The maximum Gasteiger partial charge on any atom is 0.138 e. The molecule has 0 fully saturated rings. The van der Waals surface area contributed by atoms with Crippen LogP contribution in [0.1, 0.15) is 0 Å².